The molecule has 1 N–H and O–H groups in total. The highest BCUT2D eigenvalue weighted by molar-refractivity contribution is 7.08. The lowest BCUT2D eigenvalue weighted by atomic mass is 10.3. The number of hydrogen-bond acceptors (Lipinski definition) is 4. The average molecular weight is 219 g/mol. The van der Waals surface area contributed by atoms with Gasteiger partial charge in [-0.25, -0.2) is 4.37 Å². The number of nitrogens with one attached hydrogen (secondary N) is 1. The van der Waals surface area contributed by atoms with Gasteiger partial charge in [0.2, 0.25) is 0 Å². The Labute approximate surface area is 91.2 Å². The Balaban J connectivity index is 2.13. The van der Waals surface area contributed by atoms with Crippen molar-refractivity contribution in [3.63, 3.8) is 0 Å². The SMILES string of the molecule is Cc1cc(NC(=O)c2ccns2)ccn1. The van der Waals surface area contributed by atoms with Gasteiger partial charge in [-0.1, -0.05) is 0 Å². The van der Waals surface area contributed by atoms with Crippen molar-refractivity contribution in [1.29, 1.82) is 0 Å². The Bertz CT molecular complexity index is 467. The molecule has 2 aromatic rings. The number of anilines is 1. The van der Waals surface area contributed by atoms with Gasteiger partial charge in [0, 0.05) is 23.8 Å². The fourth-order valence-electron chi connectivity index (χ4n) is 1.15. The van der Waals surface area contributed by atoms with E-state index in [0.717, 1.165) is 11.4 Å². The van der Waals surface area contributed by atoms with Gasteiger partial charge in [0.05, 0.1) is 0 Å². The molecule has 2 rings (SSSR count). The zero-order valence-electron chi connectivity index (χ0n) is 8.10. The molecule has 0 aliphatic carbocycles. The van der Waals surface area contributed by atoms with E-state index in [2.05, 4.69) is 14.7 Å². The molecule has 0 unspecified atom stereocenters. The number of hydrogen-bond donors (Lipinski definition) is 1. The van der Waals surface area contributed by atoms with E-state index in [1.165, 1.54) is 11.5 Å². The predicted molar refractivity (Wildman–Crippen MR) is 59.0 cm³/mol. The van der Waals surface area contributed by atoms with Crippen LogP contribution in [0, 0.1) is 6.92 Å². The van der Waals surface area contributed by atoms with Crippen molar-refractivity contribution in [1.82, 2.24) is 9.36 Å². The standard InChI is InChI=1S/C10H9N3OS/c1-7-6-8(2-4-11-7)13-10(14)9-3-5-12-15-9/h2-6H,1H3,(H,11,13,14). The first-order chi connectivity index (χ1) is 7.25. The summed E-state index contributed by atoms with van der Waals surface area (Å²) in [7, 11) is 0. The van der Waals surface area contributed by atoms with Gasteiger partial charge in [0.15, 0.2) is 0 Å². The summed E-state index contributed by atoms with van der Waals surface area (Å²) in [4.78, 5) is 16.3. The summed E-state index contributed by atoms with van der Waals surface area (Å²) in [6, 6.07) is 5.26. The molecule has 0 fully saturated rings. The van der Waals surface area contributed by atoms with Gasteiger partial charge >= 0.3 is 0 Å². The summed E-state index contributed by atoms with van der Waals surface area (Å²) in [5.74, 6) is -0.136. The molecule has 0 aliphatic heterocycles. The van der Waals surface area contributed by atoms with Crippen molar-refractivity contribution in [2.45, 2.75) is 6.92 Å². The summed E-state index contributed by atoms with van der Waals surface area (Å²) in [5.41, 5.74) is 1.62. The molecule has 0 saturated heterocycles. The molecule has 15 heavy (non-hydrogen) atoms. The molecule has 0 bridgehead atoms. The van der Waals surface area contributed by atoms with E-state index >= 15 is 0 Å². The minimum Gasteiger partial charge on any atom is -0.321 e. The van der Waals surface area contributed by atoms with Crippen LogP contribution in [0.3, 0.4) is 0 Å². The number of carbonyl (C=O) groups is 1. The molecule has 0 aromatic carbocycles. The van der Waals surface area contributed by atoms with Gasteiger partial charge in [-0.15, -0.1) is 0 Å². The summed E-state index contributed by atoms with van der Waals surface area (Å²) >= 11 is 1.18. The van der Waals surface area contributed by atoms with Crippen molar-refractivity contribution in [2.75, 3.05) is 5.32 Å². The molecular formula is C10H9N3OS. The molecular weight excluding hydrogens is 210 g/mol. The van der Waals surface area contributed by atoms with Gasteiger partial charge < -0.3 is 5.32 Å². The molecule has 1 amide bonds. The Hall–Kier alpha value is -1.75. The van der Waals surface area contributed by atoms with Gasteiger partial charge in [0.25, 0.3) is 5.91 Å². The third-order valence-electron chi connectivity index (χ3n) is 1.82. The minimum absolute atomic E-state index is 0.136. The molecule has 2 heterocycles. The summed E-state index contributed by atoms with van der Waals surface area (Å²) in [6.45, 7) is 1.88. The number of amides is 1. The van der Waals surface area contributed by atoms with Crippen LogP contribution in [0.15, 0.2) is 30.6 Å². The van der Waals surface area contributed by atoms with Gasteiger partial charge in [-0.3, -0.25) is 9.78 Å². The van der Waals surface area contributed by atoms with Crippen LogP contribution in [-0.4, -0.2) is 15.3 Å². The maximum absolute atomic E-state index is 11.6. The van der Waals surface area contributed by atoms with Crippen molar-refractivity contribution in [3.05, 3.63) is 41.2 Å². The Morgan fingerprint density at radius 1 is 1.40 bits per heavy atom. The van der Waals surface area contributed by atoms with E-state index in [-0.39, 0.29) is 5.91 Å². The molecule has 0 saturated carbocycles. The number of pyridine rings is 1. The largest absolute Gasteiger partial charge is 0.321 e. The van der Waals surface area contributed by atoms with E-state index in [4.69, 9.17) is 0 Å². The van der Waals surface area contributed by atoms with Crippen LogP contribution in [0.5, 0.6) is 0 Å². The maximum atomic E-state index is 11.6. The fraction of sp³-hybridized carbons (Fsp3) is 0.100. The molecule has 4 nitrogen and oxygen atoms in total. The molecule has 2 aromatic heterocycles. The Morgan fingerprint density at radius 2 is 2.27 bits per heavy atom. The lowest BCUT2D eigenvalue weighted by Gasteiger charge is -2.02. The monoisotopic (exact) mass is 219 g/mol. The lowest BCUT2D eigenvalue weighted by Crippen LogP contribution is -2.10. The second kappa shape index (κ2) is 4.18. The zero-order valence-corrected chi connectivity index (χ0v) is 8.91. The highest BCUT2D eigenvalue weighted by Crippen LogP contribution is 2.11. The summed E-state index contributed by atoms with van der Waals surface area (Å²) in [6.07, 6.45) is 3.27. The number of rotatable bonds is 2. The second-order valence-corrected chi connectivity index (χ2v) is 3.85. The second-order valence-electron chi connectivity index (χ2n) is 3.02. The fourth-order valence-corrected chi connectivity index (χ4v) is 1.64. The topological polar surface area (TPSA) is 54.9 Å². The number of aromatic nitrogens is 2. The van der Waals surface area contributed by atoms with Crippen molar-refractivity contribution in [2.24, 2.45) is 0 Å². The Kier molecular flexibility index (Phi) is 2.73. The van der Waals surface area contributed by atoms with Crippen molar-refractivity contribution < 1.29 is 4.79 Å². The van der Waals surface area contributed by atoms with E-state index in [9.17, 15) is 4.79 Å². The predicted octanol–water partition coefficient (Wildman–Crippen LogP) is 2.10. The average Bonchev–Trinajstić information content (AvgIpc) is 2.70. The van der Waals surface area contributed by atoms with Gasteiger partial charge in [-0.05, 0) is 36.7 Å². The van der Waals surface area contributed by atoms with Gasteiger partial charge in [0.1, 0.15) is 4.88 Å². The van der Waals surface area contributed by atoms with Crippen LogP contribution in [0.1, 0.15) is 15.4 Å². The molecule has 76 valence electrons. The van der Waals surface area contributed by atoms with E-state index in [1.807, 2.05) is 13.0 Å². The highest BCUT2D eigenvalue weighted by Gasteiger charge is 2.07. The highest BCUT2D eigenvalue weighted by atomic mass is 32.1. The molecule has 0 radical (unpaired) electrons. The van der Waals surface area contributed by atoms with Gasteiger partial charge in [-0.2, -0.15) is 0 Å². The van der Waals surface area contributed by atoms with Crippen LogP contribution in [-0.2, 0) is 0 Å². The smallest absolute Gasteiger partial charge is 0.267 e. The first kappa shape index (κ1) is 9.79. The van der Waals surface area contributed by atoms with Crippen LogP contribution in [0.4, 0.5) is 5.69 Å². The van der Waals surface area contributed by atoms with Crippen LogP contribution in [0.2, 0.25) is 0 Å². The zero-order chi connectivity index (χ0) is 10.7. The summed E-state index contributed by atoms with van der Waals surface area (Å²) < 4.78 is 3.87. The van der Waals surface area contributed by atoms with E-state index < -0.39 is 0 Å². The van der Waals surface area contributed by atoms with E-state index in [0.29, 0.717) is 4.88 Å². The summed E-state index contributed by atoms with van der Waals surface area (Å²) in [5, 5.41) is 2.78. The minimum atomic E-state index is -0.136. The molecule has 5 heteroatoms. The van der Waals surface area contributed by atoms with Crippen LogP contribution in [0.25, 0.3) is 0 Å². The molecule has 0 aliphatic rings. The number of nitrogens with zero attached hydrogens (tertiary/aromatic N) is 2. The van der Waals surface area contributed by atoms with Crippen LogP contribution < -0.4 is 5.32 Å². The maximum Gasteiger partial charge on any atom is 0.267 e. The van der Waals surface area contributed by atoms with Crippen molar-refractivity contribution in [3.8, 4) is 0 Å². The van der Waals surface area contributed by atoms with E-state index in [1.54, 1.807) is 24.5 Å². The third-order valence-corrected chi connectivity index (χ3v) is 2.56. The van der Waals surface area contributed by atoms with Crippen LogP contribution >= 0.6 is 11.5 Å². The Morgan fingerprint density at radius 3 is 2.93 bits per heavy atom. The molecule has 0 spiro atoms. The quantitative estimate of drug-likeness (QED) is 0.841. The lowest BCUT2D eigenvalue weighted by molar-refractivity contribution is 0.103. The number of aryl methyl sites for hydroxylation is 1. The first-order valence-electron chi connectivity index (χ1n) is 4.40. The normalized spacial score (nSPS) is 9.93. The molecule has 0 atom stereocenters. The van der Waals surface area contributed by atoms with Crippen molar-refractivity contribution >= 4 is 23.1 Å². The first-order valence-corrected chi connectivity index (χ1v) is 5.18. The third kappa shape index (κ3) is 2.38. The number of carbonyl (C=O) groups excluding carboxylic acids is 1.